The first kappa shape index (κ1) is 25.5. The van der Waals surface area contributed by atoms with Gasteiger partial charge in [0, 0.05) is 21.3 Å². The molecule has 0 saturated carbocycles. The Morgan fingerprint density at radius 3 is 2.66 bits per heavy atom. The van der Waals surface area contributed by atoms with Crippen LogP contribution in [-0.4, -0.2) is 36.8 Å². The number of ether oxygens (including phenoxy) is 1. The number of fused-ring (bicyclic) bond motifs is 5. The second kappa shape index (κ2) is 10.4. The van der Waals surface area contributed by atoms with Crippen LogP contribution in [0.25, 0.3) is 16.0 Å². The molecule has 4 heterocycles. The monoisotopic (exact) mass is 608 g/mol. The van der Waals surface area contributed by atoms with Crippen LogP contribution in [0.1, 0.15) is 40.2 Å². The molecule has 0 amide bonds. The Bertz CT molecular complexity index is 1710. The van der Waals surface area contributed by atoms with Gasteiger partial charge in [0.25, 0.3) is 5.56 Å². The van der Waals surface area contributed by atoms with Crippen molar-refractivity contribution in [1.29, 1.82) is 0 Å². The molecule has 1 aliphatic rings. The summed E-state index contributed by atoms with van der Waals surface area (Å²) < 4.78 is 10.7. The highest BCUT2D eigenvalue weighted by atomic mass is 79.9. The number of ketones is 1. The zero-order chi connectivity index (χ0) is 26.4. The molecule has 10 heteroatoms. The Labute approximate surface area is 236 Å². The van der Waals surface area contributed by atoms with Gasteiger partial charge < -0.3 is 4.74 Å². The van der Waals surface area contributed by atoms with E-state index in [4.69, 9.17) is 4.74 Å². The fourth-order valence-corrected chi connectivity index (χ4v) is 7.16. The van der Waals surface area contributed by atoms with E-state index in [1.807, 2.05) is 59.0 Å². The van der Waals surface area contributed by atoms with Crippen LogP contribution in [0.15, 0.2) is 69.0 Å². The van der Waals surface area contributed by atoms with Gasteiger partial charge in [-0.1, -0.05) is 84.0 Å². The summed E-state index contributed by atoms with van der Waals surface area (Å²) in [6, 6.07) is 17.2. The number of hydrogen-bond acceptors (Lipinski definition) is 7. The lowest BCUT2D eigenvalue weighted by molar-refractivity contribution is 0.00200. The number of carbonyl (C=O) groups is 1. The van der Waals surface area contributed by atoms with E-state index in [1.54, 1.807) is 15.9 Å². The molecule has 1 atom stereocenters. The lowest BCUT2D eigenvalue weighted by Crippen LogP contribution is -2.28. The first-order valence-corrected chi connectivity index (χ1v) is 15.0. The van der Waals surface area contributed by atoms with Crippen molar-refractivity contribution >= 4 is 60.8 Å². The average Bonchev–Trinajstić information content (AvgIpc) is 3.52. The number of nitrogens with zero attached hydrogens (tertiary/aromatic N) is 4. The van der Waals surface area contributed by atoms with Crippen LogP contribution in [0.4, 0.5) is 0 Å². The lowest BCUT2D eigenvalue weighted by atomic mass is 9.96. The number of benzene rings is 2. The number of thiophene rings is 1. The van der Waals surface area contributed by atoms with Crippen molar-refractivity contribution in [1.82, 2.24) is 19.2 Å². The molecule has 0 bridgehead atoms. The molecule has 5 aromatic rings. The maximum absolute atomic E-state index is 14.0. The molecule has 1 aliphatic heterocycles. The molecule has 7 nitrogen and oxygen atoms in total. The highest BCUT2D eigenvalue weighted by Crippen LogP contribution is 2.37. The molecule has 2 aromatic carbocycles. The summed E-state index contributed by atoms with van der Waals surface area (Å²) >= 11 is 6.32. The molecule has 0 aliphatic carbocycles. The molecule has 38 heavy (non-hydrogen) atoms. The number of rotatable bonds is 7. The van der Waals surface area contributed by atoms with Crippen LogP contribution in [0.5, 0.6) is 0 Å². The van der Waals surface area contributed by atoms with Crippen LogP contribution in [0.3, 0.4) is 0 Å². The summed E-state index contributed by atoms with van der Waals surface area (Å²) in [5.74, 6) is 1.04. The third kappa shape index (κ3) is 4.64. The molecule has 0 N–H and O–H groups in total. The van der Waals surface area contributed by atoms with Crippen molar-refractivity contribution in [2.45, 2.75) is 44.7 Å². The molecule has 0 unspecified atom stereocenters. The summed E-state index contributed by atoms with van der Waals surface area (Å²) in [5.41, 5.74) is 2.66. The van der Waals surface area contributed by atoms with E-state index in [-0.39, 0.29) is 23.2 Å². The molecule has 194 valence electrons. The Morgan fingerprint density at radius 1 is 1.16 bits per heavy atom. The largest absolute Gasteiger partial charge is 0.372 e. The Hall–Kier alpha value is -2.79. The van der Waals surface area contributed by atoms with E-state index < -0.39 is 0 Å². The molecular weight excluding hydrogens is 584 g/mol. The van der Waals surface area contributed by atoms with Crippen molar-refractivity contribution < 1.29 is 9.53 Å². The van der Waals surface area contributed by atoms with Gasteiger partial charge >= 0.3 is 0 Å². The zero-order valence-electron chi connectivity index (χ0n) is 20.9. The van der Waals surface area contributed by atoms with Crippen molar-refractivity contribution in [2.24, 2.45) is 5.92 Å². The SMILES string of the molecule is CC(C)[C@H]1Cc2c(sc3c2c(=O)n(Cc2ccccc2)c2nnc(SCC(=O)c4ccc(Br)cc4)n32)CO1. The van der Waals surface area contributed by atoms with Gasteiger partial charge in [-0.15, -0.1) is 21.5 Å². The maximum atomic E-state index is 14.0. The number of hydrogen-bond donors (Lipinski definition) is 0. The van der Waals surface area contributed by atoms with Gasteiger partial charge in [0.15, 0.2) is 10.9 Å². The predicted molar refractivity (Wildman–Crippen MR) is 154 cm³/mol. The summed E-state index contributed by atoms with van der Waals surface area (Å²) in [4.78, 5) is 28.8. The lowest BCUT2D eigenvalue weighted by Gasteiger charge is -2.26. The number of thioether (sulfide) groups is 1. The minimum Gasteiger partial charge on any atom is -0.372 e. The fourth-order valence-electron chi connectivity index (χ4n) is 4.77. The summed E-state index contributed by atoms with van der Waals surface area (Å²) in [7, 11) is 0. The quantitative estimate of drug-likeness (QED) is 0.167. The van der Waals surface area contributed by atoms with E-state index in [2.05, 4.69) is 40.0 Å². The second-order valence-corrected chi connectivity index (χ2v) is 12.6. The normalized spacial score (nSPS) is 15.4. The van der Waals surface area contributed by atoms with Gasteiger partial charge in [-0.05, 0) is 29.2 Å². The molecule has 0 spiro atoms. The van der Waals surface area contributed by atoms with Crippen LogP contribution in [0.2, 0.25) is 0 Å². The minimum atomic E-state index is -0.0619. The third-order valence-corrected chi connectivity index (χ3v) is 9.50. The van der Waals surface area contributed by atoms with E-state index in [1.165, 1.54) is 11.8 Å². The molecule has 3 aromatic heterocycles. The molecule has 0 fully saturated rings. The Morgan fingerprint density at radius 2 is 1.92 bits per heavy atom. The number of carbonyl (C=O) groups excluding carboxylic acids is 1. The van der Waals surface area contributed by atoms with E-state index in [0.717, 1.165) is 25.3 Å². The number of aromatic nitrogens is 4. The van der Waals surface area contributed by atoms with Crippen molar-refractivity contribution in [3.8, 4) is 0 Å². The molecule has 0 saturated heterocycles. The van der Waals surface area contributed by atoms with Gasteiger partial charge in [0.05, 0.1) is 30.4 Å². The number of Topliss-reactive ketones (excluding diaryl/α,β-unsaturated/α-hetero) is 1. The second-order valence-electron chi connectivity index (χ2n) is 9.70. The van der Waals surface area contributed by atoms with Gasteiger partial charge in [-0.25, -0.2) is 4.40 Å². The van der Waals surface area contributed by atoms with Crippen molar-refractivity contribution in [3.63, 3.8) is 0 Å². The van der Waals surface area contributed by atoms with Crippen molar-refractivity contribution in [3.05, 3.63) is 91.0 Å². The van der Waals surface area contributed by atoms with Crippen LogP contribution < -0.4 is 5.56 Å². The topological polar surface area (TPSA) is 78.5 Å². The smallest absolute Gasteiger partial charge is 0.264 e. The van der Waals surface area contributed by atoms with Crippen molar-refractivity contribution in [2.75, 3.05) is 5.75 Å². The van der Waals surface area contributed by atoms with Gasteiger partial charge in [0.2, 0.25) is 5.78 Å². The molecule has 0 radical (unpaired) electrons. The average molecular weight is 610 g/mol. The molecular formula is C28H25BrN4O3S2. The van der Waals surface area contributed by atoms with E-state index >= 15 is 0 Å². The van der Waals surface area contributed by atoms with Crippen LogP contribution >= 0.6 is 39.0 Å². The minimum absolute atomic E-state index is 0.00625. The highest BCUT2D eigenvalue weighted by molar-refractivity contribution is 9.10. The Balaban J connectivity index is 1.47. The summed E-state index contributed by atoms with van der Waals surface area (Å²) in [6.45, 7) is 5.17. The van der Waals surface area contributed by atoms with Gasteiger partial charge in [-0.3, -0.25) is 14.2 Å². The van der Waals surface area contributed by atoms with E-state index in [0.29, 0.717) is 47.4 Å². The fraction of sp³-hybridized carbons (Fsp3) is 0.286. The third-order valence-electron chi connectivity index (χ3n) is 6.85. The van der Waals surface area contributed by atoms with Crippen LogP contribution in [0, 0.1) is 5.92 Å². The van der Waals surface area contributed by atoms with E-state index in [9.17, 15) is 9.59 Å². The zero-order valence-corrected chi connectivity index (χ0v) is 24.1. The maximum Gasteiger partial charge on any atom is 0.264 e. The van der Waals surface area contributed by atoms with Crippen LogP contribution in [-0.2, 0) is 24.3 Å². The highest BCUT2D eigenvalue weighted by Gasteiger charge is 2.30. The first-order chi connectivity index (χ1) is 18.4. The van der Waals surface area contributed by atoms with Gasteiger partial charge in [0.1, 0.15) is 4.83 Å². The Kier molecular flexibility index (Phi) is 6.98. The standard InChI is InChI=1S/C28H25BrN4O3S2/c1-16(2)22-12-20-23(14-36-22)38-26-24(20)25(35)32(13-17-6-4-3-5-7-17)27-30-31-28(33(26)27)37-15-21(34)18-8-10-19(29)11-9-18/h3-11,16,22H,12-15H2,1-2H3/t22-/m1/s1. The van der Waals surface area contributed by atoms with Gasteiger partial charge in [-0.2, -0.15) is 0 Å². The molecule has 6 rings (SSSR count). The number of halogens is 1. The summed E-state index contributed by atoms with van der Waals surface area (Å²) in [6.07, 6.45) is 0.766. The predicted octanol–water partition coefficient (Wildman–Crippen LogP) is 5.99. The first-order valence-electron chi connectivity index (χ1n) is 12.4. The summed E-state index contributed by atoms with van der Waals surface area (Å²) in [5, 5.41) is 10.2.